The summed E-state index contributed by atoms with van der Waals surface area (Å²) in [7, 11) is 0. The Labute approximate surface area is 101 Å². The molecule has 0 fully saturated rings. The topological polar surface area (TPSA) is 58.6 Å². The number of alkyl carbamates (subject to hydrolysis) is 1. The first kappa shape index (κ1) is 13.3. The second-order valence-corrected chi connectivity index (χ2v) is 5.36. The zero-order chi connectivity index (χ0) is 12.3. The number of amides is 1. The molecular weight excluding hydrogens is 230 g/mol. The first-order valence-electron chi connectivity index (χ1n) is 5.29. The number of ether oxygens (including phenoxy) is 1. The van der Waals surface area contributed by atoms with Crippen LogP contribution in [0, 0.1) is 5.92 Å². The molecule has 0 bridgehead atoms. The quantitative estimate of drug-likeness (QED) is 0.785. The van der Waals surface area contributed by atoms with Gasteiger partial charge in [0.2, 0.25) is 0 Å². The number of carbonyl (C=O) groups is 1. The van der Waals surface area contributed by atoms with Gasteiger partial charge in [0.1, 0.15) is 5.60 Å². The van der Waals surface area contributed by atoms with Gasteiger partial charge in [-0.05, 0) is 33.3 Å². The highest BCUT2D eigenvalue weighted by molar-refractivity contribution is 6.30. The van der Waals surface area contributed by atoms with Crippen molar-refractivity contribution in [2.24, 2.45) is 5.92 Å². The molecule has 0 aliphatic heterocycles. The van der Waals surface area contributed by atoms with Crippen LogP contribution in [0.2, 0.25) is 0 Å². The summed E-state index contributed by atoms with van der Waals surface area (Å²) in [6.45, 7) is 5.42. The molecule has 1 aliphatic rings. The van der Waals surface area contributed by atoms with Crippen molar-refractivity contribution >= 4 is 17.7 Å². The van der Waals surface area contributed by atoms with E-state index in [1.54, 1.807) is 26.8 Å². The molecule has 0 heterocycles. The monoisotopic (exact) mass is 247 g/mol. The van der Waals surface area contributed by atoms with Gasteiger partial charge < -0.3 is 15.2 Å². The lowest BCUT2D eigenvalue weighted by Gasteiger charge is -2.21. The summed E-state index contributed by atoms with van der Waals surface area (Å²) in [4.78, 5) is 11.4. The molecule has 5 heteroatoms. The van der Waals surface area contributed by atoms with E-state index in [4.69, 9.17) is 21.4 Å². The van der Waals surface area contributed by atoms with Crippen molar-refractivity contribution in [3.8, 4) is 0 Å². The molecule has 0 unspecified atom stereocenters. The number of halogens is 1. The lowest BCUT2D eigenvalue weighted by molar-refractivity contribution is 0.0511. The summed E-state index contributed by atoms with van der Waals surface area (Å²) < 4.78 is 5.12. The van der Waals surface area contributed by atoms with Crippen LogP contribution in [0.3, 0.4) is 0 Å². The highest BCUT2D eigenvalue weighted by Crippen LogP contribution is 2.28. The number of carbonyl (C=O) groups excluding carboxylic acids is 1. The highest BCUT2D eigenvalue weighted by atomic mass is 35.5. The van der Waals surface area contributed by atoms with Gasteiger partial charge in [-0.3, -0.25) is 0 Å². The largest absolute Gasteiger partial charge is 0.444 e. The summed E-state index contributed by atoms with van der Waals surface area (Å²) >= 11 is 5.90. The minimum atomic E-state index is -0.507. The maximum absolute atomic E-state index is 11.4. The third-order valence-electron chi connectivity index (χ3n) is 2.21. The van der Waals surface area contributed by atoms with Crippen molar-refractivity contribution in [3.63, 3.8) is 0 Å². The van der Waals surface area contributed by atoms with Gasteiger partial charge in [-0.1, -0.05) is 11.6 Å². The average molecular weight is 248 g/mol. The smallest absolute Gasteiger partial charge is 0.408 e. The summed E-state index contributed by atoms with van der Waals surface area (Å²) in [5.41, 5.74) is -0.507. The zero-order valence-corrected chi connectivity index (χ0v) is 10.5. The zero-order valence-electron chi connectivity index (χ0n) is 9.79. The van der Waals surface area contributed by atoms with Crippen molar-refractivity contribution in [3.05, 3.63) is 11.1 Å². The number of hydrogen-bond acceptors (Lipinski definition) is 3. The number of hydrogen-bond donors (Lipinski definition) is 2. The van der Waals surface area contributed by atoms with Gasteiger partial charge in [-0.25, -0.2) is 4.79 Å². The fourth-order valence-corrected chi connectivity index (χ4v) is 1.85. The molecule has 2 atom stereocenters. The third kappa shape index (κ3) is 4.02. The Hall–Kier alpha value is -0.740. The van der Waals surface area contributed by atoms with E-state index in [1.165, 1.54) is 0 Å². The van der Waals surface area contributed by atoms with Crippen molar-refractivity contribution in [2.75, 3.05) is 6.61 Å². The van der Waals surface area contributed by atoms with E-state index in [-0.39, 0.29) is 18.6 Å². The molecule has 4 nitrogen and oxygen atoms in total. The predicted octanol–water partition coefficient (Wildman–Crippen LogP) is 2.01. The Morgan fingerprint density at radius 3 is 2.75 bits per heavy atom. The van der Waals surface area contributed by atoms with Crippen molar-refractivity contribution in [1.82, 2.24) is 5.32 Å². The van der Waals surface area contributed by atoms with Crippen LogP contribution in [0.4, 0.5) is 4.79 Å². The van der Waals surface area contributed by atoms with Gasteiger partial charge in [-0.2, -0.15) is 0 Å². The Kier molecular flexibility index (Phi) is 4.21. The molecule has 0 spiro atoms. The van der Waals surface area contributed by atoms with Gasteiger partial charge in [-0.15, -0.1) is 0 Å². The number of aliphatic hydroxyl groups excluding tert-OH is 1. The van der Waals surface area contributed by atoms with Gasteiger partial charge in [0.25, 0.3) is 0 Å². The predicted molar refractivity (Wildman–Crippen MR) is 62.3 cm³/mol. The molecule has 16 heavy (non-hydrogen) atoms. The van der Waals surface area contributed by atoms with Crippen LogP contribution in [-0.4, -0.2) is 29.4 Å². The molecular formula is C11H18ClNO3. The molecule has 1 amide bonds. The summed E-state index contributed by atoms with van der Waals surface area (Å²) in [5.74, 6) is -0.0680. The van der Waals surface area contributed by atoms with Crippen LogP contribution in [-0.2, 0) is 4.74 Å². The normalized spacial score (nSPS) is 25.2. The van der Waals surface area contributed by atoms with Crippen LogP contribution in [0.5, 0.6) is 0 Å². The minimum Gasteiger partial charge on any atom is -0.444 e. The van der Waals surface area contributed by atoms with Crippen LogP contribution in [0.1, 0.15) is 27.2 Å². The van der Waals surface area contributed by atoms with E-state index in [9.17, 15) is 4.79 Å². The van der Waals surface area contributed by atoms with Crippen molar-refractivity contribution in [2.45, 2.75) is 38.8 Å². The highest BCUT2D eigenvalue weighted by Gasteiger charge is 2.27. The van der Waals surface area contributed by atoms with Gasteiger partial charge >= 0.3 is 6.09 Å². The molecule has 0 radical (unpaired) electrons. The number of nitrogens with one attached hydrogen (secondary N) is 1. The standard InChI is InChI=1S/C11H18ClNO3/c1-11(2,3)16-10(15)13-8-4-7(6-14)9(12)5-8/h5,7-8,14H,4,6H2,1-3H3,(H,13,15)/t7-,8-/m0/s1. The number of rotatable bonds is 2. The van der Waals surface area contributed by atoms with Gasteiger partial charge in [0.15, 0.2) is 0 Å². The molecule has 92 valence electrons. The molecule has 0 saturated heterocycles. The van der Waals surface area contributed by atoms with Crippen molar-refractivity contribution in [1.29, 1.82) is 0 Å². The second-order valence-electron chi connectivity index (χ2n) is 4.92. The van der Waals surface area contributed by atoms with E-state index in [0.717, 1.165) is 0 Å². The summed E-state index contributed by atoms with van der Waals surface area (Å²) in [6.07, 6.45) is 1.90. The van der Waals surface area contributed by atoms with Crippen LogP contribution < -0.4 is 5.32 Å². The molecule has 0 aromatic heterocycles. The Bertz CT molecular complexity index is 296. The lowest BCUT2D eigenvalue weighted by Crippen LogP contribution is -2.37. The molecule has 0 aromatic rings. The van der Waals surface area contributed by atoms with Crippen LogP contribution in [0.15, 0.2) is 11.1 Å². The fourth-order valence-electron chi connectivity index (χ4n) is 1.54. The number of aliphatic hydroxyl groups is 1. The Morgan fingerprint density at radius 1 is 1.69 bits per heavy atom. The first-order chi connectivity index (χ1) is 7.31. The van der Waals surface area contributed by atoms with E-state index in [2.05, 4.69) is 5.32 Å². The lowest BCUT2D eigenvalue weighted by atomic mass is 10.1. The Morgan fingerprint density at radius 2 is 2.31 bits per heavy atom. The molecule has 0 aromatic carbocycles. The SMILES string of the molecule is CC(C)(C)OC(=O)N[C@@H]1C=C(Cl)[C@H](CO)C1. The molecule has 2 N–H and O–H groups in total. The van der Waals surface area contributed by atoms with Crippen molar-refractivity contribution < 1.29 is 14.6 Å². The van der Waals surface area contributed by atoms with Crippen LogP contribution in [0.25, 0.3) is 0 Å². The first-order valence-corrected chi connectivity index (χ1v) is 5.67. The Balaban J connectivity index is 2.43. The third-order valence-corrected chi connectivity index (χ3v) is 2.65. The maximum atomic E-state index is 11.4. The van der Waals surface area contributed by atoms with Crippen LogP contribution >= 0.6 is 11.6 Å². The van der Waals surface area contributed by atoms with E-state index in [0.29, 0.717) is 11.5 Å². The second kappa shape index (κ2) is 5.06. The minimum absolute atomic E-state index is 0.00182. The van der Waals surface area contributed by atoms with Gasteiger partial charge in [0, 0.05) is 11.0 Å². The fraction of sp³-hybridized carbons (Fsp3) is 0.727. The maximum Gasteiger partial charge on any atom is 0.408 e. The molecule has 1 aliphatic carbocycles. The van der Waals surface area contributed by atoms with E-state index in [1.807, 2.05) is 0 Å². The van der Waals surface area contributed by atoms with E-state index >= 15 is 0 Å². The average Bonchev–Trinajstić information content (AvgIpc) is 2.42. The molecule has 1 rings (SSSR count). The summed E-state index contributed by atoms with van der Waals surface area (Å²) in [5, 5.41) is 12.3. The van der Waals surface area contributed by atoms with Gasteiger partial charge in [0.05, 0.1) is 12.6 Å². The van der Waals surface area contributed by atoms with E-state index < -0.39 is 11.7 Å². The summed E-state index contributed by atoms with van der Waals surface area (Å²) in [6, 6.07) is -0.153. The molecule has 0 saturated carbocycles.